The number of amides is 1. The fourth-order valence-electron chi connectivity index (χ4n) is 2.05. The number of halogens is 2. The molecule has 0 radical (unpaired) electrons. The highest BCUT2D eigenvalue weighted by Gasteiger charge is 2.15. The normalized spacial score (nSPS) is 10.6. The Morgan fingerprint density at radius 1 is 1.14 bits per heavy atom. The first kappa shape index (κ1) is 13.9. The minimum Gasteiger partial charge on any atom is -0.318 e. The summed E-state index contributed by atoms with van der Waals surface area (Å²) in [4.78, 5) is 29.9. The van der Waals surface area contributed by atoms with E-state index in [0.717, 1.165) is 12.1 Å². The summed E-state index contributed by atoms with van der Waals surface area (Å²) in [5.74, 6) is -2.43. The van der Waals surface area contributed by atoms with Crippen molar-refractivity contribution >= 4 is 22.5 Å². The summed E-state index contributed by atoms with van der Waals surface area (Å²) < 4.78 is 26.4. The summed E-state index contributed by atoms with van der Waals surface area (Å²) in [7, 11) is 0. The molecule has 0 fully saturated rings. The monoisotopic (exact) mass is 301 g/mol. The van der Waals surface area contributed by atoms with Gasteiger partial charge in [-0.3, -0.25) is 4.79 Å². The van der Waals surface area contributed by atoms with Gasteiger partial charge in [0.1, 0.15) is 17.3 Å². The van der Waals surface area contributed by atoms with E-state index in [1.807, 2.05) is 0 Å². The Morgan fingerprint density at radius 2 is 1.91 bits per heavy atom. The van der Waals surface area contributed by atoms with E-state index in [1.165, 1.54) is 0 Å². The molecule has 0 aliphatic rings. The van der Waals surface area contributed by atoms with Gasteiger partial charge in [-0.25, -0.2) is 13.6 Å². The number of fused-ring (bicyclic) bond motifs is 1. The van der Waals surface area contributed by atoms with E-state index in [2.05, 4.69) is 15.3 Å². The van der Waals surface area contributed by atoms with Crippen molar-refractivity contribution in [1.29, 1.82) is 0 Å². The van der Waals surface area contributed by atoms with Crippen LogP contribution < -0.4 is 11.0 Å². The van der Waals surface area contributed by atoms with Crippen LogP contribution in [0.4, 0.5) is 14.5 Å². The van der Waals surface area contributed by atoms with Crippen molar-refractivity contribution in [2.45, 2.75) is 0 Å². The Hall–Kier alpha value is -3.09. The third-order valence-electron chi connectivity index (χ3n) is 3.03. The van der Waals surface area contributed by atoms with E-state index in [4.69, 9.17) is 0 Å². The first-order valence-electron chi connectivity index (χ1n) is 6.30. The maximum atomic E-state index is 13.6. The van der Waals surface area contributed by atoms with Gasteiger partial charge in [0.15, 0.2) is 0 Å². The molecule has 2 N–H and O–H groups in total. The largest absolute Gasteiger partial charge is 0.346 e. The molecule has 22 heavy (non-hydrogen) atoms. The van der Waals surface area contributed by atoms with Crippen molar-refractivity contribution in [2.24, 2.45) is 0 Å². The third-order valence-corrected chi connectivity index (χ3v) is 3.03. The lowest BCUT2D eigenvalue weighted by Crippen LogP contribution is -2.21. The average molecular weight is 301 g/mol. The van der Waals surface area contributed by atoms with E-state index in [0.29, 0.717) is 17.0 Å². The molecule has 0 bridgehead atoms. The highest BCUT2D eigenvalue weighted by atomic mass is 19.1. The molecule has 1 heterocycles. The number of aromatic amines is 1. The van der Waals surface area contributed by atoms with Gasteiger partial charge in [-0.05, 0) is 18.2 Å². The van der Waals surface area contributed by atoms with Gasteiger partial charge in [0.05, 0.1) is 11.2 Å². The first-order chi connectivity index (χ1) is 10.5. The zero-order valence-electron chi connectivity index (χ0n) is 11.1. The second-order valence-corrected chi connectivity index (χ2v) is 4.51. The summed E-state index contributed by atoms with van der Waals surface area (Å²) in [6, 6.07) is 9.36. The van der Waals surface area contributed by atoms with Crippen LogP contribution >= 0.6 is 0 Å². The molecule has 0 aliphatic carbocycles. The summed E-state index contributed by atoms with van der Waals surface area (Å²) >= 11 is 0. The maximum absolute atomic E-state index is 13.6. The number of aromatic nitrogens is 2. The SMILES string of the molecule is O=C(Nc1ccc(F)cc1F)c1nc(=O)[nH]c2ccccc12. The van der Waals surface area contributed by atoms with Gasteiger partial charge < -0.3 is 10.3 Å². The number of nitrogens with zero attached hydrogens (tertiary/aromatic N) is 1. The Balaban J connectivity index is 2.04. The molecular formula is C15H9F2N3O2. The van der Waals surface area contributed by atoms with Crippen LogP contribution in [0.2, 0.25) is 0 Å². The van der Waals surface area contributed by atoms with Crippen LogP contribution in [-0.4, -0.2) is 15.9 Å². The van der Waals surface area contributed by atoms with Crippen LogP contribution in [0.15, 0.2) is 47.3 Å². The Bertz CT molecular complexity index is 937. The van der Waals surface area contributed by atoms with E-state index in [-0.39, 0.29) is 11.4 Å². The smallest absolute Gasteiger partial charge is 0.318 e. The van der Waals surface area contributed by atoms with Crippen LogP contribution in [0.3, 0.4) is 0 Å². The predicted molar refractivity (Wildman–Crippen MR) is 76.7 cm³/mol. The lowest BCUT2D eigenvalue weighted by Gasteiger charge is -2.07. The Morgan fingerprint density at radius 3 is 2.68 bits per heavy atom. The van der Waals surface area contributed by atoms with Crippen LogP contribution in [-0.2, 0) is 0 Å². The van der Waals surface area contributed by atoms with E-state index >= 15 is 0 Å². The molecule has 2 aromatic carbocycles. The molecule has 0 unspecified atom stereocenters. The number of hydrogen-bond acceptors (Lipinski definition) is 3. The van der Waals surface area contributed by atoms with Crippen LogP contribution in [0.5, 0.6) is 0 Å². The van der Waals surface area contributed by atoms with E-state index in [9.17, 15) is 18.4 Å². The van der Waals surface area contributed by atoms with Gasteiger partial charge in [-0.15, -0.1) is 0 Å². The van der Waals surface area contributed by atoms with Crippen molar-refractivity contribution in [3.63, 3.8) is 0 Å². The third kappa shape index (κ3) is 2.56. The number of hydrogen-bond donors (Lipinski definition) is 2. The second kappa shape index (κ2) is 5.36. The molecule has 3 rings (SSSR count). The molecular weight excluding hydrogens is 292 g/mol. The predicted octanol–water partition coefficient (Wildman–Crippen LogP) is 2.45. The van der Waals surface area contributed by atoms with Crippen LogP contribution in [0, 0.1) is 11.6 Å². The molecule has 0 atom stereocenters. The molecule has 0 saturated carbocycles. The fourth-order valence-corrected chi connectivity index (χ4v) is 2.05. The van der Waals surface area contributed by atoms with E-state index in [1.54, 1.807) is 24.3 Å². The van der Waals surface area contributed by atoms with Crippen molar-refractivity contribution in [3.8, 4) is 0 Å². The second-order valence-electron chi connectivity index (χ2n) is 4.51. The molecule has 7 heteroatoms. The van der Waals surface area contributed by atoms with Crippen molar-refractivity contribution < 1.29 is 13.6 Å². The molecule has 0 aliphatic heterocycles. The van der Waals surface area contributed by atoms with Crippen LogP contribution in [0.1, 0.15) is 10.5 Å². The average Bonchev–Trinajstić information content (AvgIpc) is 2.49. The lowest BCUT2D eigenvalue weighted by molar-refractivity contribution is 0.102. The Kier molecular flexibility index (Phi) is 3.38. The Labute approximate surface area is 122 Å². The van der Waals surface area contributed by atoms with Gasteiger partial charge in [0.25, 0.3) is 5.91 Å². The highest BCUT2D eigenvalue weighted by molar-refractivity contribution is 6.10. The molecule has 3 aromatic rings. The summed E-state index contributed by atoms with van der Waals surface area (Å²) in [5.41, 5.74) is -0.587. The van der Waals surface area contributed by atoms with Gasteiger partial charge in [0, 0.05) is 11.5 Å². The minimum absolute atomic E-state index is 0.136. The molecule has 5 nitrogen and oxygen atoms in total. The topological polar surface area (TPSA) is 74.8 Å². The summed E-state index contributed by atoms with van der Waals surface area (Å²) in [6.07, 6.45) is 0. The zero-order valence-corrected chi connectivity index (χ0v) is 11.1. The minimum atomic E-state index is -0.914. The summed E-state index contributed by atoms with van der Waals surface area (Å²) in [5, 5.41) is 2.70. The highest BCUT2D eigenvalue weighted by Crippen LogP contribution is 2.18. The number of benzene rings is 2. The van der Waals surface area contributed by atoms with Crippen molar-refractivity contribution in [1.82, 2.24) is 9.97 Å². The quantitative estimate of drug-likeness (QED) is 0.763. The number of carbonyl (C=O) groups excluding carboxylic acids is 1. The number of carbonyl (C=O) groups is 1. The number of nitrogens with one attached hydrogen (secondary N) is 2. The van der Waals surface area contributed by atoms with Gasteiger partial charge >= 0.3 is 5.69 Å². The van der Waals surface area contributed by atoms with E-state index < -0.39 is 23.2 Å². The number of anilines is 1. The maximum Gasteiger partial charge on any atom is 0.346 e. The van der Waals surface area contributed by atoms with Crippen molar-refractivity contribution in [2.75, 3.05) is 5.32 Å². The summed E-state index contributed by atoms with van der Waals surface area (Å²) in [6.45, 7) is 0. The molecule has 0 spiro atoms. The molecule has 110 valence electrons. The molecule has 1 aromatic heterocycles. The zero-order chi connectivity index (χ0) is 15.7. The van der Waals surface area contributed by atoms with Gasteiger partial charge in [-0.1, -0.05) is 18.2 Å². The molecule has 1 amide bonds. The van der Waals surface area contributed by atoms with Crippen LogP contribution in [0.25, 0.3) is 10.9 Å². The number of H-pyrrole nitrogens is 1. The van der Waals surface area contributed by atoms with Crippen molar-refractivity contribution in [3.05, 3.63) is 70.3 Å². The lowest BCUT2D eigenvalue weighted by atomic mass is 10.1. The number of rotatable bonds is 2. The number of para-hydroxylation sites is 1. The first-order valence-corrected chi connectivity index (χ1v) is 6.30. The standard InChI is InChI=1S/C15H9F2N3O2/c16-8-5-6-12(10(17)7-8)18-14(21)13-9-3-1-2-4-11(9)19-15(22)20-13/h1-7H,(H,18,21)(H,19,20,22). The molecule has 0 saturated heterocycles. The van der Waals surface area contributed by atoms with Gasteiger partial charge in [-0.2, -0.15) is 4.98 Å². The van der Waals surface area contributed by atoms with Gasteiger partial charge in [0.2, 0.25) is 0 Å². The fraction of sp³-hybridized carbons (Fsp3) is 0.